The lowest BCUT2D eigenvalue weighted by Crippen LogP contribution is -2.45. The SMILES string of the molecule is C=N/C=C1\C(=Nc2ccc(CN3CCN(CC)CC3)c(C(F)(F)F)c2)N(C)c2ccccc2C(=O)N1C. The molecule has 2 aromatic rings. The quantitative estimate of drug-likeness (QED) is 0.548. The zero-order valence-electron chi connectivity index (χ0n) is 21.3. The number of hydrogen-bond acceptors (Lipinski definition) is 5. The number of alkyl halides is 3. The average Bonchev–Trinajstić information content (AvgIpc) is 2.96. The number of para-hydroxylation sites is 1. The van der Waals surface area contributed by atoms with Gasteiger partial charge in [0.1, 0.15) is 5.70 Å². The smallest absolute Gasteiger partial charge is 0.327 e. The van der Waals surface area contributed by atoms with Crippen molar-refractivity contribution in [1.29, 1.82) is 0 Å². The molecule has 0 aliphatic carbocycles. The number of hydrogen-bond donors (Lipinski definition) is 0. The second-order valence-electron chi connectivity index (χ2n) is 9.12. The third-order valence-electron chi connectivity index (χ3n) is 6.86. The van der Waals surface area contributed by atoms with Gasteiger partial charge in [0.05, 0.1) is 28.7 Å². The molecule has 7 nitrogen and oxygen atoms in total. The minimum absolute atomic E-state index is 0.129. The summed E-state index contributed by atoms with van der Waals surface area (Å²) in [6.07, 6.45) is -3.15. The highest BCUT2D eigenvalue weighted by Crippen LogP contribution is 2.36. The Kier molecular flexibility index (Phi) is 7.79. The van der Waals surface area contributed by atoms with E-state index in [2.05, 4.69) is 33.4 Å². The standard InChI is InChI=1S/C27H31F3N6O/c1-5-35-12-14-36(15-13-35)18-19-10-11-20(16-22(19)27(28,29)30)32-25-24(17-31-2)34(4)26(37)21-8-6-7-9-23(21)33(25)3/h6-11,16-17H,2,5,12-15,18H2,1,3-4H3/b24-17+,32-25?. The first kappa shape index (κ1) is 26.6. The summed E-state index contributed by atoms with van der Waals surface area (Å²) in [6, 6.07) is 11.2. The van der Waals surface area contributed by atoms with Crippen molar-refractivity contribution in [2.75, 3.05) is 51.7 Å². The Morgan fingerprint density at radius 2 is 1.68 bits per heavy atom. The van der Waals surface area contributed by atoms with E-state index in [9.17, 15) is 18.0 Å². The van der Waals surface area contributed by atoms with E-state index >= 15 is 0 Å². The van der Waals surface area contributed by atoms with Gasteiger partial charge in [-0.05, 0) is 43.1 Å². The first-order valence-electron chi connectivity index (χ1n) is 12.1. The number of aliphatic imine (C=N–C) groups is 2. The summed E-state index contributed by atoms with van der Waals surface area (Å²) in [5, 5.41) is 0. The van der Waals surface area contributed by atoms with Gasteiger partial charge in [-0.3, -0.25) is 14.7 Å². The third kappa shape index (κ3) is 5.60. The van der Waals surface area contributed by atoms with Gasteiger partial charge in [0.2, 0.25) is 0 Å². The zero-order chi connectivity index (χ0) is 26.7. The fraction of sp³-hybridized carbons (Fsp3) is 0.370. The van der Waals surface area contributed by atoms with Crippen LogP contribution in [-0.2, 0) is 12.7 Å². The van der Waals surface area contributed by atoms with Crippen molar-refractivity contribution in [2.24, 2.45) is 9.98 Å². The molecule has 0 bridgehead atoms. The number of rotatable bonds is 5. The highest BCUT2D eigenvalue weighted by atomic mass is 19.4. The lowest BCUT2D eigenvalue weighted by Gasteiger charge is -2.34. The summed E-state index contributed by atoms with van der Waals surface area (Å²) >= 11 is 0. The first-order valence-corrected chi connectivity index (χ1v) is 12.1. The fourth-order valence-electron chi connectivity index (χ4n) is 4.70. The molecule has 4 rings (SSSR count). The van der Waals surface area contributed by atoms with Gasteiger partial charge in [0.15, 0.2) is 5.84 Å². The van der Waals surface area contributed by atoms with Gasteiger partial charge in [-0.25, -0.2) is 4.99 Å². The van der Waals surface area contributed by atoms with Crippen LogP contribution < -0.4 is 4.90 Å². The first-order chi connectivity index (χ1) is 17.6. The van der Waals surface area contributed by atoms with Crippen LogP contribution in [0.4, 0.5) is 24.5 Å². The van der Waals surface area contributed by atoms with Crippen molar-refractivity contribution < 1.29 is 18.0 Å². The molecule has 0 unspecified atom stereocenters. The van der Waals surface area contributed by atoms with Gasteiger partial charge < -0.3 is 14.7 Å². The number of carbonyl (C=O) groups is 1. The molecule has 1 saturated heterocycles. The number of benzene rings is 2. The Morgan fingerprint density at radius 1 is 1.00 bits per heavy atom. The number of halogens is 3. The van der Waals surface area contributed by atoms with Crippen LogP contribution in [0.15, 0.2) is 64.3 Å². The Labute approximate surface area is 215 Å². The van der Waals surface area contributed by atoms with E-state index < -0.39 is 11.7 Å². The molecule has 0 aromatic heterocycles. The second kappa shape index (κ2) is 10.9. The predicted molar refractivity (Wildman–Crippen MR) is 141 cm³/mol. The molecule has 0 radical (unpaired) electrons. The summed E-state index contributed by atoms with van der Waals surface area (Å²) < 4.78 is 42.5. The molecule has 1 amide bonds. The van der Waals surface area contributed by atoms with E-state index in [1.54, 1.807) is 49.3 Å². The van der Waals surface area contributed by atoms with Gasteiger partial charge in [-0.2, -0.15) is 13.2 Å². The molecule has 2 aromatic carbocycles. The summed E-state index contributed by atoms with van der Waals surface area (Å²) in [5.41, 5.74) is 0.998. The molecule has 196 valence electrons. The molecule has 0 atom stereocenters. The molecule has 1 fully saturated rings. The van der Waals surface area contributed by atoms with Crippen molar-refractivity contribution in [1.82, 2.24) is 14.7 Å². The van der Waals surface area contributed by atoms with Crippen LogP contribution in [-0.4, -0.2) is 80.0 Å². The maximum absolute atomic E-state index is 14.2. The second-order valence-corrected chi connectivity index (χ2v) is 9.12. The van der Waals surface area contributed by atoms with Crippen LogP contribution in [0.3, 0.4) is 0 Å². The Balaban J connectivity index is 1.75. The summed E-state index contributed by atoms with van der Waals surface area (Å²) in [7, 11) is 3.29. The highest BCUT2D eigenvalue weighted by Gasteiger charge is 2.35. The normalized spacial score (nSPS) is 19.9. The monoisotopic (exact) mass is 512 g/mol. The number of carbonyl (C=O) groups excluding carboxylic acids is 1. The van der Waals surface area contributed by atoms with E-state index in [1.807, 2.05) is 0 Å². The molecule has 0 saturated carbocycles. The van der Waals surface area contributed by atoms with Crippen LogP contribution in [0, 0.1) is 0 Å². The number of fused-ring (bicyclic) bond motifs is 1. The summed E-state index contributed by atoms with van der Waals surface area (Å²) in [5.74, 6) is 0.00168. The Morgan fingerprint density at radius 3 is 2.32 bits per heavy atom. The number of anilines is 1. The third-order valence-corrected chi connectivity index (χ3v) is 6.86. The van der Waals surface area contributed by atoms with E-state index in [4.69, 9.17) is 0 Å². The lowest BCUT2D eigenvalue weighted by atomic mass is 10.0. The molecule has 0 N–H and O–H groups in total. The molecule has 2 aliphatic rings. The van der Waals surface area contributed by atoms with E-state index in [0.717, 1.165) is 38.8 Å². The molecule has 2 heterocycles. The summed E-state index contributed by atoms with van der Waals surface area (Å²) in [6.45, 7) is 9.87. The largest absolute Gasteiger partial charge is 0.416 e. The predicted octanol–water partition coefficient (Wildman–Crippen LogP) is 4.64. The van der Waals surface area contributed by atoms with Crippen molar-refractivity contribution in [3.8, 4) is 0 Å². The van der Waals surface area contributed by atoms with Crippen LogP contribution in [0.2, 0.25) is 0 Å². The minimum Gasteiger partial charge on any atom is -0.327 e. The number of amidine groups is 1. The van der Waals surface area contributed by atoms with Crippen molar-refractivity contribution in [3.05, 3.63) is 71.1 Å². The fourth-order valence-corrected chi connectivity index (χ4v) is 4.70. The van der Waals surface area contributed by atoms with E-state index in [-0.39, 0.29) is 29.5 Å². The van der Waals surface area contributed by atoms with Crippen molar-refractivity contribution >= 4 is 29.8 Å². The Bertz CT molecular complexity index is 1230. The van der Waals surface area contributed by atoms with E-state index in [0.29, 0.717) is 16.9 Å². The van der Waals surface area contributed by atoms with E-state index in [1.165, 1.54) is 17.2 Å². The Hall–Kier alpha value is -3.50. The molecule has 37 heavy (non-hydrogen) atoms. The van der Waals surface area contributed by atoms with Crippen LogP contribution in [0.25, 0.3) is 0 Å². The van der Waals surface area contributed by atoms with Crippen LogP contribution in [0.5, 0.6) is 0 Å². The zero-order valence-corrected chi connectivity index (χ0v) is 21.3. The topological polar surface area (TPSA) is 54.8 Å². The number of piperazine rings is 1. The van der Waals surface area contributed by atoms with Gasteiger partial charge >= 0.3 is 6.18 Å². The van der Waals surface area contributed by atoms with Crippen molar-refractivity contribution in [3.63, 3.8) is 0 Å². The van der Waals surface area contributed by atoms with Gasteiger partial charge in [0.25, 0.3) is 5.91 Å². The van der Waals surface area contributed by atoms with Gasteiger partial charge in [-0.15, -0.1) is 0 Å². The minimum atomic E-state index is -4.53. The molecule has 10 heteroatoms. The molecule has 0 spiro atoms. The van der Waals surface area contributed by atoms with Gasteiger partial charge in [-0.1, -0.05) is 25.1 Å². The van der Waals surface area contributed by atoms with Crippen LogP contribution >= 0.6 is 0 Å². The molecular weight excluding hydrogens is 481 g/mol. The molecular formula is C27H31F3N6O. The van der Waals surface area contributed by atoms with Crippen LogP contribution in [0.1, 0.15) is 28.4 Å². The lowest BCUT2D eigenvalue weighted by molar-refractivity contribution is -0.138. The highest BCUT2D eigenvalue weighted by molar-refractivity contribution is 6.18. The summed E-state index contributed by atoms with van der Waals surface area (Å²) in [4.78, 5) is 28.9. The number of nitrogens with zero attached hydrogens (tertiary/aromatic N) is 6. The maximum Gasteiger partial charge on any atom is 0.416 e. The van der Waals surface area contributed by atoms with Gasteiger partial charge in [0, 0.05) is 46.8 Å². The number of likely N-dealkylation sites (N-methyl/N-ethyl adjacent to an activating group) is 3. The maximum atomic E-state index is 14.2. The molecule has 2 aliphatic heterocycles. The van der Waals surface area contributed by atoms with Crippen molar-refractivity contribution in [2.45, 2.75) is 19.6 Å². The average molecular weight is 513 g/mol. The number of amides is 1.